The van der Waals surface area contributed by atoms with Gasteiger partial charge in [0.05, 0.1) is 10.6 Å². The van der Waals surface area contributed by atoms with Gasteiger partial charge in [0.1, 0.15) is 0 Å². The number of aryl methyl sites for hydroxylation is 1. The summed E-state index contributed by atoms with van der Waals surface area (Å²) in [4.78, 5) is 10.7. The Balaban J connectivity index is 2.79. The Bertz CT molecular complexity index is 527. The van der Waals surface area contributed by atoms with Crippen molar-refractivity contribution >= 4 is 15.8 Å². The van der Waals surface area contributed by atoms with E-state index in [1.807, 2.05) is 0 Å². The highest BCUT2D eigenvalue weighted by Gasteiger charge is 2.11. The first-order chi connectivity index (χ1) is 8.45. The number of benzene rings is 1. The van der Waals surface area contributed by atoms with Gasteiger partial charge in [0.2, 0.25) is 0 Å². The average Bonchev–Trinajstić information content (AvgIpc) is 2.34. The van der Waals surface area contributed by atoms with Crippen molar-refractivity contribution in [3.63, 3.8) is 0 Å². The molecular formula is C13H16O4S. The van der Waals surface area contributed by atoms with Crippen LogP contribution in [0.2, 0.25) is 0 Å². The van der Waals surface area contributed by atoms with Crippen LogP contribution in [0, 0.1) is 0 Å². The fourth-order valence-corrected chi connectivity index (χ4v) is 2.62. The first kappa shape index (κ1) is 14.4. The first-order valence-electron chi connectivity index (χ1n) is 5.60. The highest BCUT2D eigenvalue weighted by molar-refractivity contribution is 7.91. The zero-order chi connectivity index (χ0) is 13.6. The predicted molar refractivity (Wildman–Crippen MR) is 69.3 cm³/mol. The second kappa shape index (κ2) is 6.35. The maximum atomic E-state index is 11.8. The molecule has 0 fully saturated rings. The van der Waals surface area contributed by atoms with E-state index < -0.39 is 15.8 Å². The van der Waals surface area contributed by atoms with E-state index in [-0.39, 0.29) is 17.1 Å². The number of carboxylic acids is 1. The minimum atomic E-state index is -3.27. The van der Waals surface area contributed by atoms with Crippen molar-refractivity contribution in [2.45, 2.75) is 24.7 Å². The lowest BCUT2D eigenvalue weighted by Gasteiger charge is -2.03. The molecule has 0 bridgehead atoms. The van der Waals surface area contributed by atoms with Crippen molar-refractivity contribution in [3.8, 4) is 0 Å². The number of hydrogen-bond donors (Lipinski definition) is 1. The van der Waals surface area contributed by atoms with Crippen LogP contribution in [0.4, 0.5) is 0 Å². The Labute approximate surface area is 107 Å². The van der Waals surface area contributed by atoms with Crippen molar-refractivity contribution in [2.75, 3.05) is 5.75 Å². The second-order valence-electron chi connectivity index (χ2n) is 3.89. The maximum Gasteiger partial charge on any atom is 0.303 e. The van der Waals surface area contributed by atoms with Gasteiger partial charge in [0.25, 0.3) is 0 Å². The Kier molecular flexibility index (Phi) is 5.09. The third kappa shape index (κ3) is 4.33. The Morgan fingerprint density at radius 2 is 1.89 bits per heavy atom. The first-order valence-corrected chi connectivity index (χ1v) is 7.25. The number of allylic oxidation sites excluding steroid dienone is 1. The molecule has 0 aliphatic carbocycles. The number of rotatable bonds is 6. The van der Waals surface area contributed by atoms with Crippen LogP contribution >= 0.6 is 0 Å². The molecule has 0 unspecified atom stereocenters. The van der Waals surface area contributed by atoms with Gasteiger partial charge in [0.15, 0.2) is 9.84 Å². The van der Waals surface area contributed by atoms with Crippen LogP contribution in [0.1, 0.15) is 18.9 Å². The summed E-state index contributed by atoms with van der Waals surface area (Å²) in [6, 6.07) is 6.36. The van der Waals surface area contributed by atoms with Crippen molar-refractivity contribution < 1.29 is 18.3 Å². The fourth-order valence-electron chi connectivity index (χ4n) is 1.43. The van der Waals surface area contributed by atoms with Crippen LogP contribution < -0.4 is 0 Å². The number of sulfone groups is 1. The molecule has 4 nitrogen and oxygen atoms in total. The number of carbonyl (C=O) groups is 1. The molecule has 98 valence electrons. The van der Waals surface area contributed by atoms with Crippen LogP contribution in [0.15, 0.2) is 41.3 Å². The highest BCUT2D eigenvalue weighted by atomic mass is 32.2. The fraction of sp³-hybridized carbons (Fsp3) is 0.308. The van der Waals surface area contributed by atoms with Crippen molar-refractivity contribution in [1.82, 2.24) is 0 Å². The molecule has 1 N–H and O–H groups in total. The summed E-state index contributed by atoms with van der Waals surface area (Å²) < 4.78 is 23.6. The molecule has 0 aliphatic rings. The summed E-state index contributed by atoms with van der Waals surface area (Å²) in [6.07, 6.45) is 3.74. The van der Waals surface area contributed by atoms with Crippen molar-refractivity contribution in [3.05, 3.63) is 42.0 Å². The van der Waals surface area contributed by atoms with Crippen molar-refractivity contribution in [1.29, 1.82) is 0 Å². The largest absolute Gasteiger partial charge is 0.481 e. The quantitative estimate of drug-likeness (QED) is 0.801. The molecule has 0 saturated heterocycles. The van der Waals surface area contributed by atoms with E-state index in [4.69, 9.17) is 5.11 Å². The second-order valence-corrected chi connectivity index (χ2v) is 5.92. The van der Waals surface area contributed by atoms with E-state index in [2.05, 4.69) is 0 Å². The molecule has 0 radical (unpaired) electrons. The molecule has 1 rings (SSSR count). The van der Waals surface area contributed by atoms with Gasteiger partial charge in [-0.15, -0.1) is 0 Å². The maximum absolute atomic E-state index is 11.8. The van der Waals surface area contributed by atoms with E-state index in [1.54, 1.807) is 31.2 Å². The van der Waals surface area contributed by atoms with E-state index in [0.29, 0.717) is 6.42 Å². The minimum Gasteiger partial charge on any atom is -0.481 e. The third-order valence-corrected chi connectivity index (χ3v) is 4.08. The lowest BCUT2D eigenvalue weighted by Crippen LogP contribution is -2.05. The molecule has 1 aromatic carbocycles. The summed E-state index contributed by atoms with van der Waals surface area (Å²) in [5, 5.41) is 8.55. The Morgan fingerprint density at radius 3 is 2.39 bits per heavy atom. The normalized spacial score (nSPS) is 11.8. The van der Waals surface area contributed by atoms with Gasteiger partial charge in [0, 0.05) is 6.42 Å². The molecule has 18 heavy (non-hydrogen) atoms. The summed E-state index contributed by atoms with van der Waals surface area (Å²) in [6.45, 7) is 1.77. The van der Waals surface area contributed by atoms with Crippen LogP contribution in [-0.2, 0) is 21.1 Å². The van der Waals surface area contributed by atoms with Gasteiger partial charge >= 0.3 is 5.97 Å². The van der Waals surface area contributed by atoms with Gasteiger partial charge in [-0.2, -0.15) is 0 Å². The van der Waals surface area contributed by atoms with E-state index >= 15 is 0 Å². The molecule has 1 aromatic rings. The molecular weight excluding hydrogens is 252 g/mol. The lowest BCUT2D eigenvalue weighted by molar-refractivity contribution is -0.136. The van der Waals surface area contributed by atoms with Crippen LogP contribution in [0.3, 0.4) is 0 Å². The predicted octanol–water partition coefficient (Wildman–Crippen LogP) is 2.05. The molecule has 0 aliphatic heterocycles. The molecule has 0 atom stereocenters. The molecule has 5 heteroatoms. The number of carboxylic acid groups (broad SMARTS) is 1. The SMILES string of the molecule is C/C=C/CS(=O)(=O)c1ccc(CCC(=O)O)cc1. The average molecular weight is 268 g/mol. The van der Waals surface area contributed by atoms with Gasteiger partial charge in [-0.3, -0.25) is 4.79 Å². The summed E-state index contributed by atoms with van der Waals surface area (Å²) in [5.41, 5.74) is 0.822. The number of aliphatic carboxylic acids is 1. The summed E-state index contributed by atoms with van der Waals surface area (Å²) >= 11 is 0. The van der Waals surface area contributed by atoms with Gasteiger partial charge in [-0.25, -0.2) is 8.42 Å². The molecule has 0 heterocycles. The molecule has 0 saturated carbocycles. The molecule has 0 spiro atoms. The summed E-state index contributed by atoms with van der Waals surface area (Å²) in [7, 11) is -3.27. The Morgan fingerprint density at radius 1 is 1.28 bits per heavy atom. The topological polar surface area (TPSA) is 71.4 Å². The van der Waals surface area contributed by atoms with E-state index in [0.717, 1.165) is 5.56 Å². The molecule has 0 amide bonds. The minimum absolute atomic E-state index is 0.0159. The Hall–Kier alpha value is -1.62. The zero-order valence-electron chi connectivity index (χ0n) is 10.2. The van der Waals surface area contributed by atoms with Crippen molar-refractivity contribution in [2.24, 2.45) is 0 Å². The smallest absolute Gasteiger partial charge is 0.303 e. The van der Waals surface area contributed by atoms with Crippen LogP contribution in [0.5, 0.6) is 0 Å². The lowest BCUT2D eigenvalue weighted by atomic mass is 10.1. The molecule has 0 aromatic heterocycles. The standard InChI is InChI=1S/C13H16O4S/c1-2-3-10-18(16,17)12-7-4-11(5-8-12)6-9-13(14)15/h2-5,7-8H,6,9-10H2,1H3,(H,14,15)/b3-2+. The van der Waals surface area contributed by atoms with Crippen LogP contribution in [0.25, 0.3) is 0 Å². The van der Waals surface area contributed by atoms with Gasteiger partial charge < -0.3 is 5.11 Å². The monoisotopic (exact) mass is 268 g/mol. The van der Waals surface area contributed by atoms with Crippen LogP contribution in [-0.4, -0.2) is 25.2 Å². The zero-order valence-corrected chi connectivity index (χ0v) is 11.0. The number of hydrogen-bond acceptors (Lipinski definition) is 3. The summed E-state index contributed by atoms with van der Waals surface area (Å²) in [5.74, 6) is -0.877. The van der Waals surface area contributed by atoms with E-state index in [9.17, 15) is 13.2 Å². The van der Waals surface area contributed by atoms with Gasteiger partial charge in [-0.05, 0) is 31.0 Å². The highest BCUT2D eigenvalue weighted by Crippen LogP contribution is 2.13. The van der Waals surface area contributed by atoms with Gasteiger partial charge in [-0.1, -0.05) is 24.3 Å². The van der Waals surface area contributed by atoms with E-state index in [1.165, 1.54) is 12.1 Å². The third-order valence-electron chi connectivity index (χ3n) is 2.46.